The van der Waals surface area contributed by atoms with Gasteiger partial charge < -0.3 is 15.0 Å². The van der Waals surface area contributed by atoms with Crippen LogP contribution in [0.15, 0.2) is 0 Å². The molecule has 0 saturated heterocycles. The summed E-state index contributed by atoms with van der Waals surface area (Å²) in [6, 6.07) is 0. The van der Waals surface area contributed by atoms with Crippen LogP contribution < -0.4 is 5.32 Å². The van der Waals surface area contributed by atoms with Gasteiger partial charge in [0, 0.05) is 26.7 Å². The average Bonchev–Trinajstić information content (AvgIpc) is 2.32. The summed E-state index contributed by atoms with van der Waals surface area (Å²) in [6.07, 6.45) is 2.53. The minimum absolute atomic E-state index is 0.383. The van der Waals surface area contributed by atoms with Gasteiger partial charge in [-0.05, 0) is 24.9 Å². The highest BCUT2D eigenvalue weighted by Crippen LogP contribution is 2.23. The molecule has 0 radical (unpaired) electrons. The smallest absolute Gasteiger partial charge is 0.0589 e. The van der Waals surface area contributed by atoms with Crippen molar-refractivity contribution in [2.45, 2.75) is 40.5 Å². The third kappa shape index (κ3) is 7.74. The maximum Gasteiger partial charge on any atom is 0.0589 e. The van der Waals surface area contributed by atoms with Crippen molar-refractivity contribution in [2.24, 2.45) is 5.41 Å². The number of nitrogens with one attached hydrogen (secondary N) is 1. The number of likely N-dealkylation sites (N-methyl/N-ethyl adjacent to an activating group) is 1. The lowest BCUT2D eigenvalue weighted by Crippen LogP contribution is -2.43. The summed E-state index contributed by atoms with van der Waals surface area (Å²) in [7, 11) is 1.78. The number of methoxy groups -OCH3 is 1. The number of hydrogen-bond acceptors (Lipinski definition) is 3. The zero-order valence-electron chi connectivity index (χ0n) is 12.5. The minimum Gasteiger partial charge on any atom is -0.383 e. The zero-order chi connectivity index (χ0) is 13.1. The fourth-order valence-corrected chi connectivity index (χ4v) is 2.36. The molecule has 104 valence electrons. The second-order valence-electron chi connectivity index (χ2n) is 5.20. The Labute approximate surface area is 108 Å². The molecule has 0 aromatic heterocycles. The van der Waals surface area contributed by atoms with Crippen LogP contribution in [0, 0.1) is 5.41 Å². The van der Waals surface area contributed by atoms with Crippen LogP contribution in [0.4, 0.5) is 0 Å². The molecule has 0 spiro atoms. The molecular formula is C14H32N2O. The first-order valence-corrected chi connectivity index (χ1v) is 7.03. The predicted molar refractivity (Wildman–Crippen MR) is 75.5 cm³/mol. The second-order valence-corrected chi connectivity index (χ2v) is 5.20. The summed E-state index contributed by atoms with van der Waals surface area (Å²) in [5.74, 6) is 0. The molecule has 0 aromatic rings. The molecule has 0 aromatic carbocycles. The lowest BCUT2D eigenvalue weighted by molar-refractivity contribution is 0.110. The molecule has 0 aliphatic heterocycles. The molecule has 0 fully saturated rings. The number of rotatable bonds is 11. The van der Waals surface area contributed by atoms with Gasteiger partial charge in [0.1, 0.15) is 0 Å². The van der Waals surface area contributed by atoms with E-state index in [2.05, 4.69) is 37.9 Å². The Morgan fingerprint density at radius 3 is 2.41 bits per heavy atom. The molecule has 0 heterocycles. The van der Waals surface area contributed by atoms with Crippen LogP contribution in [0.5, 0.6) is 0 Å². The lowest BCUT2D eigenvalue weighted by Gasteiger charge is -2.35. The third-order valence-electron chi connectivity index (χ3n) is 3.32. The van der Waals surface area contributed by atoms with Crippen LogP contribution in [0.25, 0.3) is 0 Å². The summed E-state index contributed by atoms with van der Waals surface area (Å²) in [5, 5.41) is 3.50. The van der Waals surface area contributed by atoms with E-state index in [1.54, 1.807) is 7.11 Å². The Hall–Kier alpha value is -0.120. The van der Waals surface area contributed by atoms with E-state index in [0.29, 0.717) is 5.41 Å². The molecule has 1 atom stereocenters. The normalized spacial score (nSPS) is 15.2. The fourth-order valence-electron chi connectivity index (χ4n) is 2.36. The van der Waals surface area contributed by atoms with Crippen LogP contribution in [-0.2, 0) is 4.74 Å². The van der Waals surface area contributed by atoms with Crippen molar-refractivity contribution in [3.63, 3.8) is 0 Å². The highest BCUT2D eigenvalue weighted by Gasteiger charge is 2.25. The first kappa shape index (κ1) is 16.9. The summed E-state index contributed by atoms with van der Waals surface area (Å²) < 4.78 is 5.17. The highest BCUT2D eigenvalue weighted by molar-refractivity contribution is 4.80. The molecule has 1 N–H and O–H groups in total. The maximum absolute atomic E-state index is 5.17. The van der Waals surface area contributed by atoms with Crippen molar-refractivity contribution in [2.75, 3.05) is 46.4 Å². The summed E-state index contributed by atoms with van der Waals surface area (Å²) in [6.45, 7) is 15.4. The Bertz CT molecular complexity index is 176. The number of ether oxygens (including phenoxy) is 1. The Morgan fingerprint density at radius 1 is 1.24 bits per heavy atom. The molecule has 0 bridgehead atoms. The molecule has 3 heteroatoms. The van der Waals surface area contributed by atoms with Crippen molar-refractivity contribution in [1.29, 1.82) is 0 Å². The van der Waals surface area contributed by atoms with E-state index in [0.717, 1.165) is 39.3 Å². The molecular weight excluding hydrogens is 212 g/mol. The Balaban J connectivity index is 4.26. The van der Waals surface area contributed by atoms with Crippen LogP contribution in [0.3, 0.4) is 0 Å². The topological polar surface area (TPSA) is 24.5 Å². The van der Waals surface area contributed by atoms with Crippen LogP contribution in [-0.4, -0.2) is 51.3 Å². The van der Waals surface area contributed by atoms with Crippen molar-refractivity contribution in [3.8, 4) is 0 Å². The molecule has 0 rings (SSSR count). The van der Waals surface area contributed by atoms with E-state index in [-0.39, 0.29) is 0 Å². The maximum atomic E-state index is 5.17. The van der Waals surface area contributed by atoms with Crippen molar-refractivity contribution >= 4 is 0 Å². The highest BCUT2D eigenvalue weighted by atomic mass is 16.5. The quantitative estimate of drug-likeness (QED) is 0.604. The van der Waals surface area contributed by atoms with Gasteiger partial charge in [0.15, 0.2) is 0 Å². The van der Waals surface area contributed by atoms with Gasteiger partial charge in [0.05, 0.1) is 6.61 Å². The standard InChI is InChI=1S/C14H32N2O/c1-6-9-14(4,12-15-7-2)13-16(8-3)10-11-17-5/h15H,6-13H2,1-5H3. The second kappa shape index (κ2) is 9.86. The number of nitrogens with zero attached hydrogens (tertiary/aromatic N) is 1. The van der Waals surface area contributed by atoms with E-state index >= 15 is 0 Å². The molecule has 0 saturated carbocycles. The van der Waals surface area contributed by atoms with Crippen LogP contribution in [0.1, 0.15) is 40.5 Å². The summed E-state index contributed by atoms with van der Waals surface area (Å²) in [4.78, 5) is 2.50. The van der Waals surface area contributed by atoms with E-state index < -0.39 is 0 Å². The number of hydrogen-bond donors (Lipinski definition) is 1. The molecule has 0 amide bonds. The molecule has 0 aliphatic carbocycles. The SMILES string of the molecule is CCCC(C)(CNCC)CN(CC)CCOC. The van der Waals surface area contributed by atoms with Gasteiger partial charge in [-0.1, -0.05) is 34.1 Å². The van der Waals surface area contributed by atoms with Gasteiger partial charge in [-0.15, -0.1) is 0 Å². The first-order valence-electron chi connectivity index (χ1n) is 7.03. The molecule has 0 aliphatic rings. The van der Waals surface area contributed by atoms with Crippen molar-refractivity contribution < 1.29 is 4.74 Å². The van der Waals surface area contributed by atoms with Crippen LogP contribution in [0.2, 0.25) is 0 Å². The summed E-state index contributed by atoms with van der Waals surface area (Å²) in [5.41, 5.74) is 0.383. The molecule has 1 unspecified atom stereocenters. The molecule has 3 nitrogen and oxygen atoms in total. The largest absolute Gasteiger partial charge is 0.383 e. The van der Waals surface area contributed by atoms with Crippen molar-refractivity contribution in [1.82, 2.24) is 10.2 Å². The van der Waals surface area contributed by atoms with E-state index in [1.165, 1.54) is 12.8 Å². The Morgan fingerprint density at radius 2 is 1.94 bits per heavy atom. The predicted octanol–water partition coefficient (Wildman–Crippen LogP) is 2.37. The van der Waals surface area contributed by atoms with E-state index in [1.807, 2.05) is 0 Å². The van der Waals surface area contributed by atoms with Gasteiger partial charge in [0.25, 0.3) is 0 Å². The first-order chi connectivity index (χ1) is 8.11. The van der Waals surface area contributed by atoms with Crippen LogP contribution >= 0.6 is 0 Å². The fraction of sp³-hybridized carbons (Fsp3) is 1.00. The van der Waals surface area contributed by atoms with Gasteiger partial charge in [-0.3, -0.25) is 0 Å². The molecule has 17 heavy (non-hydrogen) atoms. The summed E-state index contributed by atoms with van der Waals surface area (Å²) >= 11 is 0. The minimum atomic E-state index is 0.383. The third-order valence-corrected chi connectivity index (χ3v) is 3.32. The lowest BCUT2D eigenvalue weighted by atomic mass is 9.84. The van der Waals surface area contributed by atoms with Gasteiger partial charge in [-0.2, -0.15) is 0 Å². The van der Waals surface area contributed by atoms with Crippen molar-refractivity contribution in [3.05, 3.63) is 0 Å². The Kier molecular flexibility index (Phi) is 9.79. The van der Waals surface area contributed by atoms with E-state index in [4.69, 9.17) is 4.74 Å². The van der Waals surface area contributed by atoms with Gasteiger partial charge in [0.2, 0.25) is 0 Å². The zero-order valence-corrected chi connectivity index (χ0v) is 12.5. The van der Waals surface area contributed by atoms with Gasteiger partial charge in [-0.25, -0.2) is 0 Å². The average molecular weight is 244 g/mol. The van der Waals surface area contributed by atoms with E-state index in [9.17, 15) is 0 Å². The van der Waals surface area contributed by atoms with Gasteiger partial charge >= 0.3 is 0 Å². The monoisotopic (exact) mass is 244 g/mol.